The molecule has 0 heterocycles. The Labute approximate surface area is 123 Å². The van der Waals surface area contributed by atoms with Gasteiger partial charge in [-0.15, -0.1) is 0 Å². The third-order valence-electron chi connectivity index (χ3n) is 3.06. The summed E-state index contributed by atoms with van der Waals surface area (Å²) in [5.41, 5.74) is 1.47. The Morgan fingerprint density at radius 1 is 1.14 bits per heavy atom. The Balaban J connectivity index is 2.23. The van der Waals surface area contributed by atoms with E-state index in [1.54, 1.807) is 19.1 Å². The molecule has 0 saturated heterocycles. The van der Waals surface area contributed by atoms with Gasteiger partial charge in [0.15, 0.2) is 0 Å². The number of benzene rings is 2. The van der Waals surface area contributed by atoms with Crippen molar-refractivity contribution in [2.75, 3.05) is 11.3 Å². The second-order valence-corrected chi connectivity index (χ2v) is 6.37. The molecule has 0 amide bonds. The highest BCUT2D eigenvalue weighted by Crippen LogP contribution is 2.19. The number of halogens is 1. The molecule has 0 aliphatic heterocycles. The molecular formula is C15H16FNO3S. The molecule has 0 bridgehead atoms. The second-order valence-electron chi connectivity index (χ2n) is 4.69. The third-order valence-corrected chi connectivity index (χ3v) is 4.46. The van der Waals surface area contributed by atoms with Crippen LogP contribution in [0.5, 0.6) is 0 Å². The minimum Gasteiger partial charge on any atom is -0.396 e. The maximum Gasteiger partial charge on any atom is 0.261 e. The molecule has 2 N–H and O–H groups in total. The van der Waals surface area contributed by atoms with Gasteiger partial charge in [0.2, 0.25) is 0 Å². The van der Waals surface area contributed by atoms with Gasteiger partial charge in [-0.1, -0.05) is 18.2 Å². The highest BCUT2D eigenvalue weighted by Gasteiger charge is 2.14. The molecule has 0 radical (unpaired) electrons. The molecule has 0 saturated carbocycles. The zero-order chi connectivity index (χ0) is 15.5. The van der Waals surface area contributed by atoms with Gasteiger partial charge in [-0.05, 0) is 48.7 Å². The third kappa shape index (κ3) is 3.80. The molecule has 0 unspecified atom stereocenters. The van der Waals surface area contributed by atoms with Gasteiger partial charge in [0.05, 0.1) is 10.6 Å². The maximum atomic E-state index is 13.4. The van der Waals surface area contributed by atoms with Gasteiger partial charge in [-0.25, -0.2) is 12.8 Å². The van der Waals surface area contributed by atoms with Crippen LogP contribution < -0.4 is 4.72 Å². The van der Waals surface area contributed by atoms with Crippen LogP contribution in [-0.2, 0) is 16.4 Å². The van der Waals surface area contributed by atoms with Crippen LogP contribution in [0.3, 0.4) is 0 Å². The minimum absolute atomic E-state index is 0.00693. The number of sulfonamides is 1. The van der Waals surface area contributed by atoms with Crippen molar-refractivity contribution in [2.45, 2.75) is 18.2 Å². The van der Waals surface area contributed by atoms with Crippen LogP contribution in [-0.4, -0.2) is 20.1 Å². The lowest BCUT2D eigenvalue weighted by atomic mass is 10.2. The standard InChI is InChI=1S/C15H16FNO3S/c1-11-2-5-13(10-15(11)16)17-21(19,20)14-6-3-12(4-7-14)8-9-18/h2-7,10,17-18H,8-9H2,1H3. The van der Waals surface area contributed by atoms with Gasteiger partial charge in [-0.2, -0.15) is 0 Å². The molecular weight excluding hydrogens is 293 g/mol. The van der Waals surface area contributed by atoms with E-state index in [0.29, 0.717) is 12.0 Å². The molecule has 2 rings (SSSR count). The summed E-state index contributed by atoms with van der Waals surface area (Å²) in [6, 6.07) is 10.4. The number of aliphatic hydroxyl groups is 1. The first-order valence-electron chi connectivity index (χ1n) is 6.41. The molecule has 0 aliphatic carbocycles. The van der Waals surface area contributed by atoms with Gasteiger partial charge in [0.25, 0.3) is 10.0 Å². The van der Waals surface area contributed by atoms with E-state index >= 15 is 0 Å². The fourth-order valence-corrected chi connectivity index (χ4v) is 2.88. The monoisotopic (exact) mass is 309 g/mol. The second kappa shape index (κ2) is 6.24. The number of aryl methyl sites for hydroxylation is 1. The lowest BCUT2D eigenvalue weighted by Crippen LogP contribution is -2.13. The van der Waals surface area contributed by atoms with E-state index in [2.05, 4.69) is 4.72 Å². The minimum atomic E-state index is -3.75. The first-order chi connectivity index (χ1) is 9.92. The van der Waals surface area contributed by atoms with Gasteiger partial charge in [-0.3, -0.25) is 4.72 Å². The first-order valence-corrected chi connectivity index (χ1v) is 7.89. The van der Waals surface area contributed by atoms with E-state index in [-0.39, 0.29) is 17.2 Å². The Morgan fingerprint density at radius 3 is 2.38 bits per heavy atom. The van der Waals surface area contributed by atoms with Crippen LogP contribution in [0.15, 0.2) is 47.4 Å². The molecule has 21 heavy (non-hydrogen) atoms. The molecule has 0 atom stereocenters. The number of aliphatic hydroxyl groups excluding tert-OH is 1. The Kier molecular flexibility index (Phi) is 4.59. The summed E-state index contributed by atoms with van der Waals surface area (Å²) in [5, 5.41) is 8.83. The summed E-state index contributed by atoms with van der Waals surface area (Å²) >= 11 is 0. The van der Waals surface area contributed by atoms with Crippen LogP contribution in [0.25, 0.3) is 0 Å². The highest BCUT2D eigenvalue weighted by atomic mass is 32.2. The fourth-order valence-electron chi connectivity index (χ4n) is 1.83. The Bertz CT molecular complexity index is 727. The zero-order valence-corrected chi connectivity index (χ0v) is 12.3. The molecule has 0 aliphatic rings. The van der Waals surface area contributed by atoms with Crippen molar-refractivity contribution in [2.24, 2.45) is 0 Å². The number of anilines is 1. The molecule has 0 aromatic heterocycles. The van der Waals surface area contributed by atoms with Crippen molar-refractivity contribution >= 4 is 15.7 Å². The van der Waals surface area contributed by atoms with E-state index in [1.807, 2.05) is 0 Å². The normalized spacial score (nSPS) is 11.4. The highest BCUT2D eigenvalue weighted by molar-refractivity contribution is 7.92. The van der Waals surface area contributed by atoms with E-state index in [1.165, 1.54) is 24.3 Å². The van der Waals surface area contributed by atoms with Crippen molar-refractivity contribution in [3.63, 3.8) is 0 Å². The number of hydrogen-bond donors (Lipinski definition) is 2. The summed E-state index contributed by atoms with van der Waals surface area (Å²) in [6.07, 6.45) is 0.469. The first kappa shape index (κ1) is 15.5. The van der Waals surface area contributed by atoms with E-state index in [4.69, 9.17) is 5.11 Å². The lowest BCUT2D eigenvalue weighted by molar-refractivity contribution is 0.299. The fraction of sp³-hybridized carbons (Fsp3) is 0.200. The van der Waals surface area contributed by atoms with E-state index in [0.717, 1.165) is 11.6 Å². The molecule has 112 valence electrons. The van der Waals surface area contributed by atoms with Crippen LogP contribution in [0, 0.1) is 12.7 Å². The van der Waals surface area contributed by atoms with Crippen molar-refractivity contribution in [3.05, 3.63) is 59.4 Å². The van der Waals surface area contributed by atoms with Gasteiger partial charge in [0.1, 0.15) is 5.82 Å². The average Bonchev–Trinajstić information content (AvgIpc) is 2.44. The van der Waals surface area contributed by atoms with Crippen LogP contribution in [0.4, 0.5) is 10.1 Å². The summed E-state index contributed by atoms with van der Waals surface area (Å²) in [4.78, 5) is 0.0881. The Morgan fingerprint density at radius 2 is 1.81 bits per heavy atom. The largest absolute Gasteiger partial charge is 0.396 e. The quantitative estimate of drug-likeness (QED) is 0.891. The molecule has 2 aromatic rings. The number of nitrogens with one attached hydrogen (secondary N) is 1. The predicted octanol–water partition coefficient (Wildman–Crippen LogP) is 2.47. The number of rotatable bonds is 5. The lowest BCUT2D eigenvalue weighted by Gasteiger charge is -2.09. The van der Waals surface area contributed by atoms with Crippen molar-refractivity contribution < 1.29 is 17.9 Å². The molecule has 4 nitrogen and oxygen atoms in total. The summed E-state index contributed by atoms with van der Waals surface area (Å²) < 4.78 is 40.1. The maximum absolute atomic E-state index is 13.4. The summed E-state index contributed by atoms with van der Waals surface area (Å²) in [6.45, 7) is 1.61. The average molecular weight is 309 g/mol. The van der Waals surface area contributed by atoms with Crippen LogP contribution in [0.2, 0.25) is 0 Å². The predicted molar refractivity (Wildman–Crippen MR) is 79.2 cm³/mol. The van der Waals surface area contributed by atoms with Crippen LogP contribution in [0.1, 0.15) is 11.1 Å². The molecule has 0 spiro atoms. The smallest absolute Gasteiger partial charge is 0.261 e. The van der Waals surface area contributed by atoms with Gasteiger partial charge in [0, 0.05) is 6.61 Å². The Hall–Kier alpha value is -1.92. The summed E-state index contributed by atoms with van der Waals surface area (Å²) in [5.74, 6) is -0.464. The van der Waals surface area contributed by atoms with Gasteiger partial charge < -0.3 is 5.11 Å². The van der Waals surface area contributed by atoms with Crippen molar-refractivity contribution in [1.82, 2.24) is 0 Å². The van der Waals surface area contributed by atoms with Gasteiger partial charge >= 0.3 is 0 Å². The van der Waals surface area contributed by atoms with Crippen LogP contribution >= 0.6 is 0 Å². The topological polar surface area (TPSA) is 66.4 Å². The molecule has 0 fully saturated rings. The summed E-state index contributed by atoms with van der Waals surface area (Å²) in [7, 11) is -3.75. The molecule has 6 heteroatoms. The van der Waals surface area contributed by atoms with E-state index < -0.39 is 15.8 Å². The van der Waals surface area contributed by atoms with E-state index in [9.17, 15) is 12.8 Å². The van der Waals surface area contributed by atoms with Crippen molar-refractivity contribution in [1.29, 1.82) is 0 Å². The van der Waals surface area contributed by atoms with Crippen molar-refractivity contribution in [3.8, 4) is 0 Å². The number of hydrogen-bond acceptors (Lipinski definition) is 3. The molecule has 2 aromatic carbocycles. The SMILES string of the molecule is Cc1ccc(NS(=O)(=O)c2ccc(CCO)cc2)cc1F. The zero-order valence-electron chi connectivity index (χ0n) is 11.5.